The molecule has 1 atom stereocenters. The minimum atomic E-state index is -0.241. The predicted octanol–water partition coefficient (Wildman–Crippen LogP) is 3.01. The fraction of sp³-hybridized carbons (Fsp3) is 0.533. The molecule has 0 aliphatic carbocycles. The predicted molar refractivity (Wildman–Crippen MR) is 78.0 cm³/mol. The largest absolute Gasteiger partial charge is 0.385 e. The van der Waals surface area contributed by atoms with Gasteiger partial charge >= 0.3 is 0 Å². The third-order valence-electron chi connectivity index (χ3n) is 3.38. The lowest BCUT2D eigenvalue weighted by molar-refractivity contribution is 0.190. The number of ether oxygens (including phenoxy) is 1. The summed E-state index contributed by atoms with van der Waals surface area (Å²) in [7, 11) is 1.68. The Morgan fingerprint density at radius 1 is 1.45 bits per heavy atom. The molecule has 4 nitrogen and oxygen atoms in total. The van der Waals surface area contributed by atoms with Crippen LogP contribution in [0.1, 0.15) is 38.1 Å². The number of benzene rings is 1. The van der Waals surface area contributed by atoms with Crippen LogP contribution in [0, 0.1) is 5.82 Å². The van der Waals surface area contributed by atoms with Crippen molar-refractivity contribution < 1.29 is 9.13 Å². The van der Waals surface area contributed by atoms with E-state index >= 15 is 0 Å². The van der Waals surface area contributed by atoms with Gasteiger partial charge in [-0.3, -0.25) is 0 Å². The molecule has 5 heteroatoms. The first kappa shape index (κ1) is 14.9. The van der Waals surface area contributed by atoms with E-state index in [4.69, 9.17) is 10.5 Å². The SMILES string of the molecule is CCCn1c(C(N)CCCOC)nc2ccc(F)cc21. The number of rotatable bonds is 7. The van der Waals surface area contributed by atoms with E-state index in [0.717, 1.165) is 42.7 Å². The van der Waals surface area contributed by atoms with Crippen LogP contribution in [0.3, 0.4) is 0 Å². The smallest absolute Gasteiger partial charge is 0.126 e. The van der Waals surface area contributed by atoms with Crippen molar-refractivity contribution in [2.45, 2.75) is 38.8 Å². The summed E-state index contributed by atoms with van der Waals surface area (Å²) in [6.07, 6.45) is 2.66. The van der Waals surface area contributed by atoms with Gasteiger partial charge in [0.05, 0.1) is 17.1 Å². The van der Waals surface area contributed by atoms with Crippen LogP contribution in [0.15, 0.2) is 18.2 Å². The van der Waals surface area contributed by atoms with E-state index < -0.39 is 0 Å². The molecular weight excluding hydrogens is 257 g/mol. The Morgan fingerprint density at radius 2 is 2.25 bits per heavy atom. The molecule has 0 saturated heterocycles. The van der Waals surface area contributed by atoms with Gasteiger partial charge < -0.3 is 15.0 Å². The zero-order valence-corrected chi connectivity index (χ0v) is 12.1. The molecule has 0 fully saturated rings. The van der Waals surface area contributed by atoms with Crippen molar-refractivity contribution in [3.05, 3.63) is 29.8 Å². The van der Waals surface area contributed by atoms with E-state index in [1.165, 1.54) is 12.1 Å². The average molecular weight is 279 g/mol. The van der Waals surface area contributed by atoms with Gasteiger partial charge in [-0.1, -0.05) is 6.92 Å². The van der Waals surface area contributed by atoms with Crippen molar-refractivity contribution in [3.63, 3.8) is 0 Å². The van der Waals surface area contributed by atoms with Crippen molar-refractivity contribution in [1.29, 1.82) is 0 Å². The second kappa shape index (κ2) is 6.81. The van der Waals surface area contributed by atoms with Gasteiger partial charge in [0.25, 0.3) is 0 Å². The van der Waals surface area contributed by atoms with Crippen molar-refractivity contribution in [1.82, 2.24) is 9.55 Å². The molecule has 0 spiro atoms. The standard InChI is InChI=1S/C15H22FN3O/c1-3-8-19-14-10-11(16)6-7-13(14)18-15(19)12(17)5-4-9-20-2/h6-7,10,12H,3-5,8-9,17H2,1-2H3. The normalized spacial score (nSPS) is 13.0. The maximum Gasteiger partial charge on any atom is 0.126 e. The fourth-order valence-electron chi connectivity index (χ4n) is 2.43. The van der Waals surface area contributed by atoms with Crippen LogP contribution in [0.2, 0.25) is 0 Å². The number of hydrogen-bond acceptors (Lipinski definition) is 3. The summed E-state index contributed by atoms with van der Waals surface area (Å²) < 4.78 is 20.5. The summed E-state index contributed by atoms with van der Waals surface area (Å²) in [4.78, 5) is 4.58. The zero-order valence-electron chi connectivity index (χ0n) is 12.1. The highest BCUT2D eigenvalue weighted by atomic mass is 19.1. The summed E-state index contributed by atoms with van der Waals surface area (Å²) in [6, 6.07) is 4.53. The number of aromatic nitrogens is 2. The molecule has 0 aliphatic heterocycles. The molecule has 1 unspecified atom stereocenters. The summed E-state index contributed by atoms with van der Waals surface area (Å²) in [6.45, 7) is 3.58. The molecule has 0 saturated carbocycles. The fourth-order valence-corrected chi connectivity index (χ4v) is 2.43. The number of imidazole rings is 1. The van der Waals surface area contributed by atoms with E-state index in [2.05, 4.69) is 11.9 Å². The molecule has 0 radical (unpaired) electrons. The third-order valence-corrected chi connectivity index (χ3v) is 3.38. The molecule has 2 rings (SSSR count). The lowest BCUT2D eigenvalue weighted by atomic mass is 10.1. The number of halogens is 1. The number of aryl methyl sites for hydroxylation is 1. The quantitative estimate of drug-likeness (QED) is 0.793. The van der Waals surface area contributed by atoms with Crippen LogP contribution in [0.25, 0.3) is 11.0 Å². The van der Waals surface area contributed by atoms with Gasteiger partial charge in [-0.25, -0.2) is 9.37 Å². The average Bonchev–Trinajstić information content (AvgIpc) is 2.78. The van der Waals surface area contributed by atoms with E-state index in [-0.39, 0.29) is 11.9 Å². The highest BCUT2D eigenvalue weighted by Gasteiger charge is 2.16. The molecule has 110 valence electrons. The monoisotopic (exact) mass is 279 g/mol. The van der Waals surface area contributed by atoms with Gasteiger partial charge in [0.1, 0.15) is 11.6 Å². The lowest BCUT2D eigenvalue weighted by Crippen LogP contribution is -2.17. The number of fused-ring (bicyclic) bond motifs is 1. The van der Waals surface area contributed by atoms with Crippen LogP contribution < -0.4 is 5.73 Å². The Kier molecular flexibility index (Phi) is 5.09. The van der Waals surface area contributed by atoms with Crippen LogP contribution in [-0.2, 0) is 11.3 Å². The van der Waals surface area contributed by atoms with Crippen molar-refractivity contribution in [2.75, 3.05) is 13.7 Å². The Bertz CT molecular complexity index is 567. The second-order valence-electron chi connectivity index (χ2n) is 5.00. The highest BCUT2D eigenvalue weighted by molar-refractivity contribution is 5.76. The molecule has 1 aromatic carbocycles. The molecule has 1 heterocycles. The molecule has 0 aliphatic rings. The minimum Gasteiger partial charge on any atom is -0.385 e. The summed E-state index contributed by atoms with van der Waals surface area (Å²) in [5.74, 6) is 0.595. The van der Waals surface area contributed by atoms with Gasteiger partial charge in [0.15, 0.2) is 0 Å². The van der Waals surface area contributed by atoms with Gasteiger partial charge in [-0.15, -0.1) is 0 Å². The Morgan fingerprint density at radius 3 is 2.95 bits per heavy atom. The number of nitrogens with zero attached hydrogens (tertiary/aromatic N) is 2. The maximum absolute atomic E-state index is 13.4. The third kappa shape index (κ3) is 3.16. The van der Waals surface area contributed by atoms with Crippen molar-refractivity contribution >= 4 is 11.0 Å². The molecule has 2 aromatic rings. The summed E-state index contributed by atoms with van der Waals surface area (Å²) in [5.41, 5.74) is 7.86. The Labute approximate surface area is 118 Å². The van der Waals surface area contributed by atoms with Crippen molar-refractivity contribution in [2.24, 2.45) is 5.73 Å². The minimum absolute atomic E-state index is 0.146. The summed E-state index contributed by atoms with van der Waals surface area (Å²) >= 11 is 0. The number of hydrogen-bond donors (Lipinski definition) is 1. The van der Waals surface area contributed by atoms with Crippen LogP contribution in [-0.4, -0.2) is 23.3 Å². The molecule has 1 aromatic heterocycles. The zero-order chi connectivity index (χ0) is 14.5. The van der Waals surface area contributed by atoms with E-state index in [1.54, 1.807) is 13.2 Å². The molecular formula is C15H22FN3O. The van der Waals surface area contributed by atoms with Crippen LogP contribution in [0.5, 0.6) is 0 Å². The first-order valence-corrected chi connectivity index (χ1v) is 7.07. The van der Waals surface area contributed by atoms with Gasteiger partial charge in [0.2, 0.25) is 0 Å². The van der Waals surface area contributed by atoms with Gasteiger partial charge in [0, 0.05) is 20.3 Å². The van der Waals surface area contributed by atoms with Crippen LogP contribution in [0.4, 0.5) is 4.39 Å². The van der Waals surface area contributed by atoms with Gasteiger partial charge in [-0.05, 0) is 37.5 Å². The second-order valence-corrected chi connectivity index (χ2v) is 5.00. The molecule has 0 bridgehead atoms. The van der Waals surface area contributed by atoms with E-state index in [9.17, 15) is 4.39 Å². The molecule has 2 N–H and O–H groups in total. The molecule has 0 amide bonds. The first-order valence-electron chi connectivity index (χ1n) is 7.07. The van der Waals surface area contributed by atoms with Crippen molar-refractivity contribution in [3.8, 4) is 0 Å². The Hall–Kier alpha value is -1.46. The number of methoxy groups -OCH3 is 1. The molecule has 20 heavy (non-hydrogen) atoms. The lowest BCUT2D eigenvalue weighted by Gasteiger charge is -2.14. The van der Waals surface area contributed by atoms with E-state index in [0.29, 0.717) is 6.61 Å². The first-order chi connectivity index (χ1) is 9.67. The number of nitrogens with two attached hydrogens (primary N) is 1. The van der Waals surface area contributed by atoms with Crippen LogP contribution >= 0.6 is 0 Å². The maximum atomic E-state index is 13.4. The topological polar surface area (TPSA) is 53.1 Å². The van der Waals surface area contributed by atoms with E-state index in [1.807, 2.05) is 4.57 Å². The van der Waals surface area contributed by atoms with Gasteiger partial charge in [-0.2, -0.15) is 0 Å². The highest BCUT2D eigenvalue weighted by Crippen LogP contribution is 2.23. The Balaban J connectivity index is 2.33. The summed E-state index contributed by atoms with van der Waals surface area (Å²) in [5, 5.41) is 0.